The lowest BCUT2D eigenvalue weighted by atomic mass is 10.1. The van der Waals surface area contributed by atoms with E-state index in [-0.39, 0.29) is 5.78 Å². The zero-order valence-corrected chi connectivity index (χ0v) is 12.8. The Hall–Kier alpha value is -3.08. The van der Waals surface area contributed by atoms with Crippen LogP contribution in [0.25, 0.3) is 11.8 Å². The van der Waals surface area contributed by atoms with Crippen molar-refractivity contribution in [3.05, 3.63) is 77.6 Å². The average molecular weight is 304 g/mol. The van der Waals surface area contributed by atoms with E-state index in [2.05, 4.69) is 34.6 Å². The van der Waals surface area contributed by atoms with Crippen LogP contribution in [0.1, 0.15) is 28.4 Å². The molecule has 3 rings (SSSR count). The van der Waals surface area contributed by atoms with Crippen molar-refractivity contribution in [1.82, 2.24) is 20.2 Å². The molecular formula is C18H16N4O. The van der Waals surface area contributed by atoms with Crippen LogP contribution in [-0.4, -0.2) is 26.0 Å². The molecule has 5 heteroatoms. The van der Waals surface area contributed by atoms with Gasteiger partial charge in [-0.25, -0.2) is 4.68 Å². The van der Waals surface area contributed by atoms with Gasteiger partial charge in [-0.15, -0.1) is 5.10 Å². The molecule has 0 unspecified atom stereocenters. The molecule has 0 N–H and O–H groups in total. The van der Waals surface area contributed by atoms with E-state index in [1.54, 1.807) is 18.2 Å². The lowest BCUT2D eigenvalue weighted by molar-refractivity contribution is 0.104. The predicted octanol–water partition coefficient (Wildman–Crippen LogP) is 3.12. The highest BCUT2D eigenvalue weighted by Gasteiger charge is 2.05. The SMILES string of the molecule is CCc1ccc(/C=C/C(=O)c2cccc(-n3cnnn3)c2)cc1. The normalized spacial score (nSPS) is 11.0. The molecule has 1 aromatic heterocycles. The van der Waals surface area contributed by atoms with Crippen molar-refractivity contribution in [2.24, 2.45) is 0 Å². The molecule has 3 aromatic rings. The van der Waals surface area contributed by atoms with Crippen LogP contribution in [0.4, 0.5) is 0 Å². The maximum atomic E-state index is 12.3. The highest BCUT2D eigenvalue weighted by Crippen LogP contribution is 2.12. The maximum absolute atomic E-state index is 12.3. The molecule has 5 nitrogen and oxygen atoms in total. The molecule has 0 spiro atoms. The van der Waals surface area contributed by atoms with Crippen molar-refractivity contribution in [1.29, 1.82) is 0 Å². The summed E-state index contributed by atoms with van der Waals surface area (Å²) >= 11 is 0. The van der Waals surface area contributed by atoms with Gasteiger partial charge < -0.3 is 0 Å². The topological polar surface area (TPSA) is 60.7 Å². The standard InChI is InChI=1S/C18H16N4O/c1-2-14-6-8-15(9-7-14)10-11-18(23)16-4-3-5-17(12-16)22-13-19-20-21-22/h3-13H,2H2,1H3/b11-10+. The summed E-state index contributed by atoms with van der Waals surface area (Å²) in [6, 6.07) is 15.4. The van der Waals surface area contributed by atoms with Crippen LogP contribution in [0.3, 0.4) is 0 Å². The molecule has 0 saturated heterocycles. The Morgan fingerprint density at radius 3 is 2.70 bits per heavy atom. The number of allylic oxidation sites excluding steroid dienone is 1. The molecule has 0 bridgehead atoms. The number of aromatic nitrogens is 4. The average Bonchev–Trinajstić information content (AvgIpc) is 3.15. The fourth-order valence-electron chi connectivity index (χ4n) is 2.21. The van der Waals surface area contributed by atoms with Crippen LogP contribution in [0.5, 0.6) is 0 Å². The van der Waals surface area contributed by atoms with Crippen molar-refractivity contribution in [2.75, 3.05) is 0 Å². The minimum absolute atomic E-state index is 0.0560. The monoisotopic (exact) mass is 304 g/mol. The molecule has 0 aliphatic rings. The van der Waals surface area contributed by atoms with Crippen LogP contribution in [0, 0.1) is 0 Å². The molecule has 0 fully saturated rings. The Balaban J connectivity index is 1.77. The van der Waals surface area contributed by atoms with Gasteiger partial charge in [-0.2, -0.15) is 0 Å². The maximum Gasteiger partial charge on any atom is 0.185 e. The van der Waals surface area contributed by atoms with Gasteiger partial charge >= 0.3 is 0 Å². The van der Waals surface area contributed by atoms with E-state index in [1.165, 1.54) is 16.6 Å². The summed E-state index contributed by atoms with van der Waals surface area (Å²) in [5.41, 5.74) is 3.63. The van der Waals surface area contributed by atoms with Gasteiger partial charge in [-0.05, 0) is 46.2 Å². The second-order valence-electron chi connectivity index (χ2n) is 5.10. The molecule has 23 heavy (non-hydrogen) atoms. The minimum Gasteiger partial charge on any atom is -0.289 e. The second kappa shape index (κ2) is 6.79. The van der Waals surface area contributed by atoms with Crippen LogP contribution in [0.2, 0.25) is 0 Å². The Kier molecular flexibility index (Phi) is 4.38. The molecule has 0 aliphatic carbocycles. The third-order valence-electron chi connectivity index (χ3n) is 3.56. The number of nitrogens with zero attached hydrogens (tertiary/aromatic N) is 4. The number of aryl methyl sites for hydroxylation is 1. The molecular weight excluding hydrogens is 288 g/mol. The fraction of sp³-hybridized carbons (Fsp3) is 0.111. The number of hydrogen-bond acceptors (Lipinski definition) is 4. The van der Waals surface area contributed by atoms with Crippen molar-refractivity contribution >= 4 is 11.9 Å². The van der Waals surface area contributed by atoms with E-state index in [4.69, 9.17) is 0 Å². The fourth-order valence-corrected chi connectivity index (χ4v) is 2.21. The number of carbonyl (C=O) groups is 1. The number of benzene rings is 2. The highest BCUT2D eigenvalue weighted by atomic mass is 16.1. The first-order valence-electron chi connectivity index (χ1n) is 7.41. The Bertz CT molecular complexity index is 820. The summed E-state index contributed by atoms with van der Waals surface area (Å²) in [7, 11) is 0. The molecule has 0 amide bonds. The van der Waals surface area contributed by atoms with Crippen molar-refractivity contribution < 1.29 is 4.79 Å². The zero-order valence-electron chi connectivity index (χ0n) is 12.8. The summed E-state index contributed by atoms with van der Waals surface area (Å²) in [6.45, 7) is 2.12. The van der Waals surface area contributed by atoms with E-state index >= 15 is 0 Å². The van der Waals surface area contributed by atoms with E-state index in [0.717, 1.165) is 17.7 Å². The number of rotatable bonds is 5. The molecule has 2 aromatic carbocycles. The molecule has 0 aliphatic heterocycles. The Labute approximate surface area is 134 Å². The number of tetrazole rings is 1. The smallest absolute Gasteiger partial charge is 0.185 e. The van der Waals surface area contributed by atoms with Crippen LogP contribution in [-0.2, 0) is 6.42 Å². The van der Waals surface area contributed by atoms with Gasteiger partial charge in [0.05, 0.1) is 5.69 Å². The van der Waals surface area contributed by atoms with E-state index in [0.29, 0.717) is 5.56 Å². The van der Waals surface area contributed by atoms with Gasteiger partial charge in [0.15, 0.2) is 5.78 Å². The first kappa shape index (κ1) is 14.8. The summed E-state index contributed by atoms with van der Waals surface area (Å²) < 4.78 is 1.52. The van der Waals surface area contributed by atoms with Gasteiger partial charge in [-0.3, -0.25) is 4.79 Å². The lowest BCUT2D eigenvalue weighted by Gasteiger charge is -2.01. The van der Waals surface area contributed by atoms with Gasteiger partial charge in [-0.1, -0.05) is 49.4 Å². The summed E-state index contributed by atoms with van der Waals surface area (Å²) in [4.78, 5) is 12.3. The third-order valence-corrected chi connectivity index (χ3v) is 3.56. The van der Waals surface area contributed by atoms with Gasteiger partial charge in [0.2, 0.25) is 0 Å². The van der Waals surface area contributed by atoms with Gasteiger partial charge in [0.1, 0.15) is 6.33 Å². The number of carbonyl (C=O) groups excluding carboxylic acids is 1. The van der Waals surface area contributed by atoms with Crippen LogP contribution >= 0.6 is 0 Å². The van der Waals surface area contributed by atoms with E-state index in [1.807, 2.05) is 30.3 Å². The number of ketones is 1. The van der Waals surface area contributed by atoms with Crippen molar-refractivity contribution in [2.45, 2.75) is 13.3 Å². The van der Waals surface area contributed by atoms with Crippen molar-refractivity contribution in [3.8, 4) is 5.69 Å². The minimum atomic E-state index is -0.0560. The van der Waals surface area contributed by atoms with Gasteiger partial charge in [0, 0.05) is 5.56 Å². The van der Waals surface area contributed by atoms with E-state index < -0.39 is 0 Å². The molecule has 1 heterocycles. The summed E-state index contributed by atoms with van der Waals surface area (Å²) in [5, 5.41) is 11.0. The summed E-state index contributed by atoms with van der Waals surface area (Å²) in [6.07, 6.45) is 5.91. The molecule has 114 valence electrons. The van der Waals surface area contributed by atoms with Gasteiger partial charge in [0.25, 0.3) is 0 Å². The third kappa shape index (κ3) is 3.58. The van der Waals surface area contributed by atoms with Crippen LogP contribution < -0.4 is 0 Å². The lowest BCUT2D eigenvalue weighted by Crippen LogP contribution is -1.99. The molecule has 0 saturated carbocycles. The van der Waals surface area contributed by atoms with Crippen molar-refractivity contribution in [3.63, 3.8) is 0 Å². The first-order valence-corrected chi connectivity index (χ1v) is 7.41. The predicted molar refractivity (Wildman–Crippen MR) is 88.3 cm³/mol. The largest absolute Gasteiger partial charge is 0.289 e. The molecule has 0 atom stereocenters. The molecule has 0 radical (unpaired) electrons. The highest BCUT2D eigenvalue weighted by molar-refractivity contribution is 6.07. The summed E-state index contributed by atoms with van der Waals surface area (Å²) in [5.74, 6) is -0.0560. The Morgan fingerprint density at radius 2 is 2.00 bits per heavy atom. The quantitative estimate of drug-likeness (QED) is 0.537. The number of hydrogen-bond donors (Lipinski definition) is 0. The second-order valence-corrected chi connectivity index (χ2v) is 5.10. The van der Waals surface area contributed by atoms with E-state index in [9.17, 15) is 4.79 Å². The Morgan fingerprint density at radius 1 is 1.17 bits per heavy atom. The first-order chi connectivity index (χ1) is 11.3. The zero-order chi connectivity index (χ0) is 16.1. The van der Waals surface area contributed by atoms with Crippen LogP contribution in [0.15, 0.2) is 60.9 Å².